The van der Waals surface area contributed by atoms with Gasteiger partial charge >= 0.3 is 6.03 Å². The van der Waals surface area contributed by atoms with E-state index in [0.717, 1.165) is 45.5 Å². The predicted octanol–water partition coefficient (Wildman–Crippen LogP) is 4.42. The van der Waals surface area contributed by atoms with Gasteiger partial charge in [-0.2, -0.15) is 4.99 Å². The first-order chi connectivity index (χ1) is 13.1. The van der Waals surface area contributed by atoms with Crippen LogP contribution in [0.2, 0.25) is 0 Å². The SMILES string of the molecule is CCn1c2c/c(=N\C(N)=O)ccc-2c2ccc(N)cc2c1-c1ccccc1.Cl. The number of nitrogens with two attached hydrogens (primary N) is 2. The first-order valence-electron chi connectivity index (χ1n) is 8.84. The van der Waals surface area contributed by atoms with Crippen molar-refractivity contribution in [2.24, 2.45) is 10.7 Å². The van der Waals surface area contributed by atoms with Crippen LogP contribution in [0, 0.1) is 0 Å². The number of nitrogen functional groups attached to an aromatic ring is 1. The molecule has 28 heavy (non-hydrogen) atoms. The number of halogens is 1. The van der Waals surface area contributed by atoms with E-state index in [4.69, 9.17) is 11.5 Å². The van der Waals surface area contributed by atoms with Crippen LogP contribution in [0.25, 0.3) is 33.3 Å². The standard InChI is InChI=1S/C22H20N4O.ClH/c1-2-26-20-13-16(25-22(24)27)9-11-18(20)17-10-8-15(23)12-19(17)21(26)14-6-4-3-5-7-14;/h3-13H,2,23H2,1H3,(H2,24,27);1H/b25-16-;. The lowest BCUT2D eigenvalue weighted by Crippen LogP contribution is -2.15. The Balaban J connectivity index is 0.00000225. The molecule has 2 aliphatic rings. The highest BCUT2D eigenvalue weighted by Gasteiger charge is 2.18. The van der Waals surface area contributed by atoms with Gasteiger partial charge in [-0.25, -0.2) is 4.79 Å². The minimum Gasteiger partial charge on any atom is -0.399 e. The van der Waals surface area contributed by atoms with Crippen LogP contribution in [0.4, 0.5) is 10.5 Å². The number of amides is 2. The van der Waals surface area contributed by atoms with Crippen LogP contribution >= 0.6 is 12.4 Å². The first-order valence-corrected chi connectivity index (χ1v) is 8.84. The molecule has 0 bridgehead atoms. The highest BCUT2D eigenvalue weighted by Crippen LogP contribution is 2.38. The van der Waals surface area contributed by atoms with E-state index in [9.17, 15) is 4.79 Å². The summed E-state index contributed by atoms with van der Waals surface area (Å²) in [5.41, 5.74) is 16.3. The van der Waals surface area contributed by atoms with Gasteiger partial charge in [-0.05, 0) is 42.1 Å². The minimum atomic E-state index is -0.700. The third-order valence-corrected chi connectivity index (χ3v) is 4.73. The van der Waals surface area contributed by atoms with Gasteiger partial charge in [0.25, 0.3) is 0 Å². The number of benzene rings is 3. The monoisotopic (exact) mass is 392 g/mol. The van der Waals surface area contributed by atoms with Gasteiger partial charge < -0.3 is 16.0 Å². The highest BCUT2D eigenvalue weighted by atomic mass is 35.5. The average molecular weight is 393 g/mol. The van der Waals surface area contributed by atoms with Crippen molar-refractivity contribution in [2.75, 3.05) is 5.73 Å². The summed E-state index contributed by atoms with van der Waals surface area (Å²) in [6, 6.07) is 21.2. The summed E-state index contributed by atoms with van der Waals surface area (Å²) >= 11 is 0. The molecule has 0 spiro atoms. The molecule has 0 atom stereocenters. The summed E-state index contributed by atoms with van der Waals surface area (Å²) in [7, 11) is 0. The van der Waals surface area contributed by atoms with E-state index >= 15 is 0 Å². The number of nitrogens with zero attached hydrogens (tertiary/aromatic N) is 2. The molecule has 1 aliphatic carbocycles. The van der Waals surface area contributed by atoms with E-state index in [-0.39, 0.29) is 12.4 Å². The number of carbonyl (C=O) groups excluding carboxylic acids is 1. The second-order valence-electron chi connectivity index (χ2n) is 6.42. The molecule has 6 heteroatoms. The van der Waals surface area contributed by atoms with Gasteiger partial charge in [0, 0.05) is 23.2 Å². The zero-order valence-electron chi connectivity index (χ0n) is 15.4. The maximum Gasteiger partial charge on any atom is 0.338 e. The van der Waals surface area contributed by atoms with Crippen LogP contribution in [0.1, 0.15) is 6.92 Å². The minimum absolute atomic E-state index is 0. The number of fused-ring (bicyclic) bond motifs is 3. The van der Waals surface area contributed by atoms with E-state index in [2.05, 4.69) is 28.6 Å². The van der Waals surface area contributed by atoms with Crippen molar-refractivity contribution in [1.82, 2.24) is 4.57 Å². The van der Waals surface area contributed by atoms with Crippen molar-refractivity contribution < 1.29 is 4.79 Å². The molecular weight excluding hydrogens is 372 g/mol. The smallest absolute Gasteiger partial charge is 0.338 e. The third-order valence-electron chi connectivity index (χ3n) is 4.73. The molecule has 1 aliphatic heterocycles. The Hall–Kier alpha value is -3.31. The lowest BCUT2D eigenvalue weighted by Gasteiger charge is -2.23. The average Bonchev–Trinajstić information content (AvgIpc) is 2.66. The number of primary amides is 1. The summed E-state index contributed by atoms with van der Waals surface area (Å²) in [6.07, 6.45) is 0. The van der Waals surface area contributed by atoms with E-state index in [1.54, 1.807) is 0 Å². The van der Waals surface area contributed by atoms with Gasteiger partial charge in [0.2, 0.25) is 0 Å². The number of hydrogen-bond acceptors (Lipinski definition) is 2. The van der Waals surface area contributed by atoms with E-state index in [1.165, 1.54) is 0 Å². The van der Waals surface area contributed by atoms with Gasteiger partial charge in [0.15, 0.2) is 0 Å². The molecule has 2 amide bonds. The van der Waals surface area contributed by atoms with Crippen molar-refractivity contribution in [2.45, 2.75) is 13.5 Å². The first kappa shape index (κ1) is 19.5. The number of pyridine rings is 1. The summed E-state index contributed by atoms with van der Waals surface area (Å²) in [5.74, 6) is 0. The van der Waals surface area contributed by atoms with Crippen molar-refractivity contribution in [3.05, 3.63) is 72.1 Å². The Morgan fingerprint density at radius 3 is 2.43 bits per heavy atom. The maximum atomic E-state index is 11.2. The largest absolute Gasteiger partial charge is 0.399 e. The van der Waals surface area contributed by atoms with Crippen molar-refractivity contribution in [3.63, 3.8) is 0 Å². The number of hydrogen-bond donors (Lipinski definition) is 2. The van der Waals surface area contributed by atoms with Crippen LogP contribution in [0.3, 0.4) is 0 Å². The molecule has 2 aromatic carbocycles. The van der Waals surface area contributed by atoms with Gasteiger partial charge in [0.05, 0.1) is 16.7 Å². The summed E-state index contributed by atoms with van der Waals surface area (Å²) in [4.78, 5) is 15.1. The molecule has 0 aromatic heterocycles. The molecule has 2 aromatic rings. The lowest BCUT2D eigenvalue weighted by atomic mass is 9.95. The van der Waals surface area contributed by atoms with E-state index in [0.29, 0.717) is 5.36 Å². The summed E-state index contributed by atoms with van der Waals surface area (Å²) in [6.45, 7) is 2.85. The van der Waals surface area contributed by atoms with Gasteiger partial charge in [0.1, 0.15) is 0 Å². The molecule has 0 unspecified atom stereocenters. The van der Waals surface area contributed by atoms with Gasteiger partial charge in [-0.1, -0.05) is 42.5 Å². The number of rotatable bonds is 2. The zero-order chi connectivity index (χ0) is 19.0. The number of anilines is 1. The molecule has 4 rings (SSSR count). The number of urea groups is 1. The fourth-order valence-corrected chi connectivity index (χ4v) is 3.66. The van der Waals surface area contributed by atoms with E-state index in [1.807, 2.05) is 54.6 Å². The topological polar surface area (TPSA) is 86.4 Å². The molecule has 1 heterocycles. The molecule has 0 fully saturated rings. The molecule has 0 saturated carbocycles. The molecule has 5 nitrogen and oxygen atoms in total. The van der Waals surface area contributed by atoms with Crippen LogP contribution in [0.15, 0.2) is 71.7 Å². The van der Waals surface area contributed by atoms with Crippen LogP contribution in [0.5, 0.6) is 0 Å². The van der Waals surface area contributed by atoms with Gasteiger partial charge in [-0.15, -0.1) is 12.4 Å². The molecule has 0 saturated heterocycles. The Morgan fingerprint density at radius 2 is 1.75 bits per heavy atom. The predicted molar refractivity (Wildman–Crippen MR) is 116 cm³/mol. The van der Waals surface area contributed by atoms with E-state index < -0.39 is 6.03 Å². The van der Waals surface area contributed by atoms with Crippen molar-refractivity contribution in [1.29, 1.82) is 0 Å². The lowest BCUT2D eigenvalue weighted by molar-refractivity contribution is 0.256. The normalized spacial score (nSPS) is 11.5. The second-order valence-corrected chi connectivity index (χ2v) is 6.42. The molecular formula is C22H21ClN4O. The summed E-state index contributed by atoms with van der Waals surface area (Å²) < 4.78 is 2.23. The van der Waals surface area contributed by atoms with Crippen LogP contribution in [-0.4, -0.2) is 10.6 Å². The van der Waals surface area contributed by atoms with Crippen molar-refractivity contribution >= 4 is 34.9 Å². The third kappa shape index (κ3) is 3.32. The Bertz CT molecular complexity index is 1200. The maximum absolute atomic E-state index is 11.2. The molecule has 4 N–H and O–H groups in total. The molecule has 142 valence electrons. The van der Waals surface area contributed by atoms with Crippen LogP contribution in [-0.2, 0) is 6.54 Å². The molecule has 0 radical (unpaired) electrons. The Morgan fingerprint density at radius 1 is 1.00 bits per heavy atom. The number of carbonyl (C=O) groups is 1. The quantitative estimate of drug-likeness (QED) is 0.391. The van der Waals surface area contributed by atoms with Crippen LogP contribution < -0.4 is 16.8 Å². The Kier molecular flexibility index (Phi) is 5.38. The Labute approximate surface area is 169 Å². The highest BCUT2D eigenvalue weighted by molar-refractivity contribution is 6.05. The summed E-state index contributed by atoms with van der Waals surface area (Å²) in [5, 5.41) is 2.74. The fourth-order valence-electron chi connectivity index (χ4n) is 3.66. The number of aromatic nitrogens is 1. The van der Waals surface area contributed by atoms with Crippen molar-refractivity contribution in [3.8, 4) is 22.5 Å². The zero-order valence-corrected chi connectivity index (χ0v) is 16.2. The fraction of sp³-hybridized carbons (Fsp3) is 0.0909. The second kappa shape index (κ2) is 7.74. The van der Waals surface area contributed by atoms with Gasteiger partial charge in [-0.3, -0.25) is 0 Å².